The summed E-state index contributed by atoms with van der Waals surface area (Å²) >= 11 is 2.82. The molecule has 2 amide bonds. The van der Waals surface area contributed by atoms with Crippen molar-refractivity contribution in [2.75, 3.05) is 34.2 Å². The number of nitrogens with zero attached hydrogens (tertiary/aromatic N) is 5. The van der Waals surface area contributed by atoms with Crippen molar-refractivity contribution in [2.45, 2.75) is 24.2 Å². The van der Waals surface area contributed by atoms with E-state index in [4.69, 9.17) is 24.0 Å². The second-order valence-electron chi connectivity index (χ2n) is 10.7. The number of nitrogens with one attached hydrogen (secondary N) is 1. The van der Waals surface area contributed by atoms with Crippen LogP contribution in [-0.2, 0) is 11.3 Å². The molecule has 0 fully saturated rings. The van der Waals surface area contributed by atoms with E-state index < -0.39 is 6.04 Å². The Kier molecular flexibility index (Phi) is 10.4. The molecular weight excluding hydrogens is 665 g/mol. The van der Waals surface area contributed by atoms with Gasteiger partial charge in [-0.05, 0) is 47.8 Å². The Hall–Kier alpha value is -5.34. The predicted molar refractivity (Wildman–Crippen MR) is 187 cm³/mol. The van der Waals surface area contributed by atoms with Gasteiger partial charge in [0.2, 0.25) is 0 Å². The molecule has 1 N–H and O–H groups in total. The Labute approximate surface area is 291 Å². The van der Waals surface area contributed by atoms with Crippen LogP contribution in [0.2, 0.25) is 0 Å². The van der Waals surface area contributed by atoms with E-state index >= 15 is 0 Å². The number of rotatable bonds is 13. The number of hydrogen-bond donors (Lipinski definition) is 1. The lowest BCUT2D eigenvalue weighted by atomic mass is 9.99. The van der Waals surface area contributed by atoms with Gasteiger partial charge in [-0.25, -0.2) is 5.01 Å². The maximum Gasteiger partial charge on any atom is 0.253 e. The molecule has 6 rings (SSSR count). The van der Waals surface area contributed by atoms with Crippen LogP contribution in [0.4, 0.5) is 0 Å². The fourth-order valence-corrected chi connectivity index (χ4v) is 7.07. The molecule has 49 heavy (non-hydrogen) atoms. The van der Waals surface area contributed by atoms with Crippen LogP contribution >= 0.6 is 23.1 Å². The minimum atomic E-state index is -0.399. The average Bonchev–Trinajstić information content (AvgIpc) is 3.93. The lowest BCUT2D eigenvalue weighted by molar-refractivity contribution is -0.130. The summed E-state index contributed by atoms with van der Waals surface area (Å²) in [6.07, 6.45) is 0.518. The lowest BCUT2D eigenvalue weighted by Crippen LogP contribution is -2.29. The SMILES string of the molecule is COc1ccc(C(=O)NCc2nnc(SCC(=O)N3N=C(c4cccs4)CC3c3cccc(OC)c3OC)n2-c2ccccc2)cc1OC. The van der Waals surface area contributed by atoms with E-state index in [-0.39, 0.29) is 24.1 Å². The molecule has 0 spiro atoms. The Balaban J connectivity index is 1.24. The highest BCUT2D eigenvalue weighted by atomic mass is 32.2. The molecule has 12 nitrogen and oxygen atoms in total. The van der Waals surface area contributed by atoms with E-state index in [1.165, 1.54) is 31.0 Å². The van der Waals surface area contributed by atoms with Gasteiger partial charge in [0.1, 0.15) is 0 Å². The molecule has 1 aliphatic heterocycles. The summed E-state index contributed by atoms with van der Waals surface area (Å²) in [5.74, 6) is 2.11. The number of thiophene rings is 1. The van der Waals surface area contributed by atoms with Crippen LogP contribution in [0.5, 0.6) is 23.0 Å². The van der Waals surface area contributed by atoms with Crippen LogP contribution in [0.15, 0.2) is 94.5 Å². The van der Waals surface area contributed by atoms with E-state index in [1.807, 2.05) is 70.6 Å². The molecule has 1 aliphatic rings. The Morgan fingerprint density at radius 1 is 0.878 bits per heavy atom. The van der Waals surface area contributed by atoms with Crippen molar-refractivity contribution in [3.05, 3.63) is 106 Å². The number of methoxy groups -OCH3 is 4. The van der Waals surface area contributed by atoms with Gasteiger partial charge in [0.05, 0.1) is 57.4 Å². The van der Waals surface area contributed by atoms with Crippen LogP contribution in [0.3, 0.4) is 0 Å². The normalized spacial score (nSPS) is 13.9. The third kappa shape index (κ3) is 7.10. The summed E-state index contributed by atoms with van der Waals surface area (Å²) < 4.78 is 23.8. The molecule has 1 atom stereocenters. The zero-order valence-corrected chi connectivity index (χ0v) is 28.9. The average molecular weight is 699 g/mol. The quantitative estimate of drug-likeness (QED) is 0.153. The van der Waals surface area contributed by atoms with Gasteiger partial charge in [-0.1, -0.05) is 48.2 Å². The van der Waals surface area contributed by atoms with E-state index in [2.05, 4.69) is 15.5 Å². The number of benzene rings is 3. The number of amides is 2. The smallest absolute Gasteiger partial charge is 0.253 e. The minimum Gasteiger partial charge on any atom is -0.493 e. The first-order valence-electron chi connectivity index (χ1n) is 15.2. The summed E-state index contributed by atoms with van der Waals surface area (Å²) in [6, 6.07) is 23.7. The van der Waals surface area contributed by atoms with Gasteiger partial charge in [0.15, 0.2) is 34.0 Å². The van der Waals surface area contributed by atoms with Crippen molar-refractivity contribution in [2.24, 2.45) is 5.10 Å². The van der Waals surface area contributed by atoms with Crippen molar-refractivity contribution in [1.29, 1.82) is 0 Å². The molecule has 1 unspecified atom stereocenters. The molecule has 0 bridgehead atoms. The number of ether oxygens (including phenoxy) is 4. The molecule has 14 heteroatoms. The van der Waals surface area contributed by atoms with Gasteiger partial charge < -0.3 is 24.3 Å². The van der Waals surface area contributed by atoms with Crippen LogP contribution < -0.4 is 24.3 Å². The number of hydrogen-bond acceptors (Lipinski definition) is 11. The zero-order valence-electron chi connectivity index (χ0n) is 27.3. The second-order valence-corrected chi connectivity index (χ2v) is 12.6. The molecule has 0 saturated carbocycles. The van der Waals surface area contributed by atoms with Gasteiger partial charge in [0, 0.05) is 23.2 Å². The monoisotopic (exact) mass is 698 g/mol. The molecule has 252 valence electrons. The van der Waals surface area contributed by atoms with E-state index in [0.29, 0.717) is 46.0 Å². The fraction of sp³-hybridized carbons (Fsp3) is 0.229. The highest BCUT2D eigenvalue weighted by Gasteiger charge is 2.36. The summed E-state index contributed by atoms with van der Waals surface area (Å²) in [5.41, 5.74) is 2.81. The van der Waals surface area contributed by atoms with Gasteiger partial charge in [0.25, 0.3) is 11.8 Å². The largest absolute Gasteiger partial charge is 0.493 e. The van der Waals surface area contributed by atoms with Crippen molar-refractivity contribution < 1.29 is 28.5 Å². The first-order chi connectivity index (χ1) is 23.9. The highest BCUT2D eigenvalue weighted by Crippen LogP contribution is 2.42. The fourth-order valence-electron chi connectivity index (χ4n) is 5.52. The number of para-hydroxylation sites is 2. The van der Waals surface area contributed by atoms with Crippen LogP contribution in [-0.4, -0.2) is 71.5 Å². The van der Waals surface area contributed by atoms with E-state index in [9.17, 15) is 9.59 Å². The van der Waals surface area contributed by atoms with Gasteiger partial charge in [-0.2, -0.15) is 5.10 Å². The van der Waals surface area contributed by atoms with Crippen LogP contribution in [0.1, 0.15) is 39.1 Å². The molecule has 3 aromatic carbocycles. The van der Waals surface area contributed by atoms with Gasteiger partial charge in [-0.15, -0.1) is 21.5 Å². The third-order valence-corrected chi connectivity index (χ3v) is 9.69. The van der Waals surface area contributed by atoms with Crippen molar-refractivity contribution in [1.82, 2.24) is 25.1 Å². The summed E-state index contributed by atoms with van der Waals surface area (Å²) in [4.78, 5) is 28.1. The summed E-state index contributed by atoms with van der Waals surface area (Å²) in [7, 11) is 6.22. The molecule has 0 aliphatic carbocycles. The molecule has 2 aromatic heterocycles. The summed E-state index contributed by atoms with van der Waals surface area (Å²) in [5, 5.41) is 20.6. The molecule has 0 radical (unpaired) electrons. The first-order valence-corrected chi connectivity index (χ1v) is 17.1. The van der Waals surface area contributed by atoms with Crippen molar-refractivity contribution >= 4 is 40.6 Å². The Bertz CT molecular complexity index is 1960. The van der Waals surface area contributed by atoms with E-state index in [0.717, 1.165) is 21.8 Å². The van der Waals surface area contributed by atoms with Crippen LogP contribution in [0.25, 0.3) is 5.69 Å². The maximum atomic E-state index is 14.0. The topological polar surface area (TPSA) is 129 Å². The minimum absolute atomic E-state index is 0.0347. The van der Waals surface area contributed by atoms with Gasteiger partial charge >= 0.3 is 0 Å². The molecule has 5 aromatic rings. The highest BCUT2D eigenvalue weighted by molar-refractivity contribution is 7.99. The standard InChI is InChI=1S/C35H34N6O6S2/c1-44-27-16-15-22(18-29(27)46-3)34(43)36-20-31-37-38-35(40(31)23-10-6-5-7-11-23)49-21-32(42)41-26(19-25(39-41)30-14-9-17-48-30)24-12-8-13-28(45-2)33(24)47-4/h5-18,26H,19-21H2,1-4H3,(H,36,43). The lowest BCUT2D eigenvalue weighted by Gasteiger charge is -2.24. The Morgan fingerprint density at radius 2 is 1.67 bits per heavy atom. The number of carbonyl (C=O) groups is 2. The van der Waals surface area contributed by atoms with Gasteiger partial charge in [-0.3, -0.25) is 14.2 Å². The van der Waals surface area contributed by atoms with Crippen LogP contribution in [0, 0.1) is 0 Å². The number of carbonyl (C=O) groups excluding carboxylic acids is 2. The predicted octanol–water partition coefficient (Wildman–Crippen LogP) is 5.76. The number of hydrazone groups is 1. The number of aromatic nitrogens is 3. The Morgan fingerprint density at radius 3 is 2.39 bits per heavy atom. The third-order valence-electron chi connectivity index (χ3n) is 7.86. The maximum absolute atomic E-state index is 14.0. The molecular formula is C35H34N6O6S2. The second kappa shape index (κ2) is 15.3. The zero-order chi connectivity index (χ0) is 34.3. The first kappa shape index (κ1) is 33.6. The van der Waals surface area contributed by atoms with E-state index in [1.54, 1.807) is 43.8 Å². The molecule has 3 heterocycles. The summed E-state index contributed by atoms with van der Waals surface area (Å²) in [6.45, 7) is 0.0852. The van der Waals surface area contributed by atoms with Crippen molar-refractivity contribution in [3.63, 3.8) is 0 Å². The number of thioether (sulfide) groups is 1. The van der Waals surface area contributed by atoms with Crippen molar-refractivity contribution in [3.8, 4) is 28.7 Å². The molecule has 0 saturated heterocycles.